The van der Waals surface area contributed by atoms with Crippen molar-refractivity contribution >= 4 is 17.5 Å². The second-order valence-electron chi connectivity index (χ2n) is 7.95. The molecule has 2 aromatic rings. The third kappa shape index (κ3) is 3.00. The molecule has 2 aromatic carbocycles. The summed E-state index contributed by atoms with van der Waals surface area (Å²) in [5.41, 5.74) is 4.38. The summed E-state index contributed by atoms with van der Waals surface area (Å²) in [5.74, 6) is 0.258. The van der Waals surface area contributed by atoms with Crippen LogP contribution in [0.4, 0.5) is 5.69 Å². The van der Waals surface area contributed by atoms with Crippen LogP contribution >= 0.6 is 0 Å². The Morgan fingerprint density at radius 2 is 1.71 bits per heavy atom. The largest absolute Gasteiger partial charge is 0.335 e. The fraction of sp³-hybridized carbons (Fsp3) is 0.391. The average Bonchev–Trinajstić information content (AvgIpc) is 3.18. The highest BCUT2D eigenvalue weighted by Crippen LogP contribution is 2.33. The van der Waals surface area contributed by atoms with Crippen molar-refractivity contribution in [3.63, 3.8) is 0 Å². The summed E-state index contributed by atoms with van der Waals surface area (Å²) in [6.07, 6.45) is 2.62. The molecule has 3 aliphatic rings. The molecular weight excluding hydrogens is 350 g/mol. The van der Waals surface area contributed by atoms with Crippen LogP contribution in [0.3, 0.4) is 0 Å². The highest BCUT2D eigenvalue weighted by atomic mass is 16.2. The van der Waals surface area contributed by atoms with E-state index < -0.39 is 0 Å². The van der Waals surface area contributed by atoms with Crippen molar-refractivity contribution in [2.24, 2.45) is 0 Å². The Kier molecular flexibility index (Phi) is 4.40. The van der Waals surface area contributed by atoms with Gasteiger partial charge >= 0.3 is 0 Å². The van der Waals surface area contributed by atoms with E-state index in [0.717, 1.165) is 51.3 Å². The van der Waals surface area contributed by atoms with Gasteiger partial charge in [-0.25, -0.2) is 0 Å². The van der Waals surface area contributed by atoms with Gasteiger partial charge in [-0.05, 0) is 48.2 Å². The van der Waals surface area contributed by atoms with Crippen LogP contribution in [0.2, 0.25) is 0 Å². The van der Waals surface area contributed by atoms with Gasteiger partial charge in [0.15, 0.2) is 0 Å². The molecule has 2 amide bonds. The summed E-state index contributed by atoms with van der Waals surface area (Å²) in [4.78, 5) is 31.3. The second-order valence-corrected chi connectivity index (χ2v) is 7.95. The quantitative estimate of drug-likeness (QED) is 0.811. The predicted molar refractivity (Wildman–Crippen MR) is 108 cm³/mol. The van der Waals surface area contributed by atoms with Gasteiger partial charge in [-0.15, -0.1) is 0 Å². The lowest BCUT2D eigenvalue weighted by atomic mass is 9.91. The molecular formula is C23H25N3O2. The molecule has 144 valence electrons. The van der Waals surface area contributed by atoms with E-state index in [0.29, 0.717) is 18.0 Å². The van der Waals surface area contributed by atoms with E-state index in [2.05, 4.69) is 29.2 Å². The van der Waals surface area contributed by atoms with Crippen molar-refractivity contribution in [2.75, 3.05) is 37.6 Å². The predicted octanol–water partition coefficient (Wildman–Crippen LogP) is 2.87. The maximum absolute atomic E-state index is 13.1. The van der Waals surface area contributed by atoms with E-state index >= 15 is 0 Å². The van der Waals surface area contributed by atoms with Crippen LogP contribution in [0, 0.1) is 0 Å². The molecule has 0 aliphatic carbocycles. The minimum Gasteiger partial charge on any atom is -0.335 e. The first kappa shape index (κ1) is 17.4. The number of anilines is 1. The summed E-state index contributed by atoms with van der Waals surface area (Å²) in [7, 11) is 0. The smallest absolute Gasteiger partial charge is 0.253 e. The zero-order chi connectivity index (χ0) is 19.1. The zero-order valence-electron chi connectivity index (χ0n) is 16.0. The summed E-state index contributed by atoms with van der Waals surface area (Å²) in [6, 6.07) is 16.5. The Morgan fingerprint density at radius 1 is 0.893 bits per heavy atom. The third-order valence-electron chi connectivity index (χ3n) is 6.36. The van der Waals surface area contributed by atoms with E-state index in [1.165, 1.54) is 11.1 Å². The van der Waals surface area contributed by atoms with Gasteiger partial charge in [0.25, 0.3) is 5.91 Å². The first-order valence-corrected chi connectivity index (χ1v) is 10.2. The second kappa shape index (κ2) is 7.06. The van der Waals surface area contributed by atoms with Gasteiger partial charge in [-0.2, -0.15) is 0 Å². The van der Waals surface area contributed by atoms with Crippen LogP contribution in [0.5, 0.6) is 0 Å². The number of carbonyl (C=O) groups is 2. The fourth-order valence-electron chi connectivity index (χ4n) is 4.81. The van der Waals surface area contributed by atoms with Crippen LogP contribution in [0.15, 0.2) is 48.5 Å². The van der Waals surface area contributed by atoms with Gasteiger partial charge in [-0.3, -0.25) is 14.5 Å². The molecule has 28 heavy (non-hydrogen) atoms. The van der Waals surface area contributed by atoms with E-state index in [9.17, 15) is 9.59 Å². The Balaban J connectivity index is 1.33. The Bertz CT molecular complexity index is 908. The van der Waals surface area contributed by atoms with Crippen molar-refractivity contribution in [2.45, 2.75) is 25.3 Å². The number of amides is 2. The number of nitrogens with zero attached hydrogens (tertiary/aromatic N) is 3. The van der Waals surface area contributed by atoms with Gasteiger partial charge in [-0.1, -0.05) is 24.3 Å². The summed E-state index contributed by atoms with van der Waals surface area (Å²) >= 11 is 0. The van der Waals surface area contributed by atoms with Crippen molar-refractivity contribution in [3.8, 4) is 0 Å². The van der Waals surface area contributed by atoms with E-state index in [1.54, 1.807) is 0 Å². The van der Waals surface area contributed by atoms with Gasteiger partial charge in [0, 0.05) is 50.4 Å². The van der Waals surface area contributed by atoms with Crippen molar-refractivity contribution in [3.05, 3.63) is 65.2 Å². The minimum atomic E-state index is 0.0852. The maximum Gasteiger partial charge on any atom is 0.253 e. The molecule has 2 saturated heterocycles. The molecule has 0 saturated carbocycles. The van der Waals surface area contributed by atoms with Crippen LogP contribution < -0.4 is 4.90 Å². The van der Waals surface area contributed by atoms with E-state index in [4.69, 9.17) is 0 Å². The molecule has 0 N–H and O–H groups in total. The Hall–Kier alpha value is -2.66. The fourth-order valence-corrected chi connectivity index (χ4v) is 4.81. The monoisotopic (exact) mass is 375 g/mol. The molecule has 0 bridgehead atoms. The average molecular weight is 375 g/mol. The highest BCUT2D eigenvalue weighted by molar-refractivity contribution is 5.97. The van der Waals surface area contributed by atoms with Gasteiger partial charge in [0.2, 0.25) is 5.91 Å². The number of benzene rings is 2. The molecule has 5 nitrogen and oxygen atoms in total. The van der Waals surface area contributed by atoms with Crippen LogP contribution in [-0.4, -0.2) is 54.3 Å². The van der Waals surface area contributed by atoms with Crippen molar-refractivity contribution in [1.82, 2.24) is 9.80 Å². The number of piperazine rings is 1. The SMILES string of the molecule is O=C(c1ccc(N2CCCC2=O)cc1)N1CCN2CCc3ccccc3C2C1. The van der Waals surface area contributed by atoms with Crippen molar-refractivity contribution < 1.29 is 9.59 Å². The van der Waals surface area contributed by atoms with Gasteiger partial charge in [0.05, 0.1) is 6.04 Å². The molecule has 1 atom stereocenters. The van der Waals surface area contributed by atoms with E-state index in [-0.39, 0.29) is 11.8 Å². The number of fused-ring (bicyclic) bond motifs is 3. The van der Waals surface area contributed by atoms with Crippen LogP contribution in [0.25, 0.3) is 0 Å². The van der Waals surface area contributed by atoms with Crippen molar-refractivity contribution in [1.29, 1.82) is 0 Å². The molecule has 5 heteroatoms. The zero-order valence-corrected chi connectivity index (χ0v) is 16.0. The molecule has 3 heterocycles. The summed E-state index contributed by atoms with van der Waals surface area (Å²) < 4.78 is 0. The molecule has 3 aliphatic heterocycles. The maximum atomic E-state index is 13.1. The lowest BCUT2D eigenvalue weighted by Crippen LogP contribution is -2.52. The van der Waals surface area contributed by atoms with Crippen LogP contribution in [-0.2, 0) is 11.2 Å². The molecule has 0 spiro atoms. The summed E-state index contributed by atoms with van der Waals surface area (Å²) in [6.45, 7) is 4.27. The van der Waals surface area contributed by atoms with Gasteiger partial charge < -0.3 is 9.80 Å². The molecule has 1 unspecified atom stereocenters. The first-order chi connectivity index (χ1) is 13.7. The molecule has 0 aromatic heterocycles. The normalized spacial score (nSPS) is 22.1. The lowest BCUT2D eigenvalue weighted by Gasteiger charge is -2.45. The first-order valence-electron chi connectivity index (χ1n) is 10.2. The summed E-state index contributed by atoms with van der Waals surface area (Å²) in [5, 5.41) is 0. The number of hydrogen-bond acceptors (Lipinski definition) is 3. The standard InChI is InChI=1S/C23H25N3O2/c27-22-6-3-12-26(22)19-9-7-18(8-10-19)23(28)25-15-14-24-13-11-17-4-1-2-5-20(17)21(24)16-25/h1-2,4-5,7-10,21H,3,6,11-16H2. The number of carbonyl (C=O) groups excluding carboxylic acids is 2. The molecule has 2 fully saturated rings. The number of rotatable bonds is 2. The van der Waals surface area contributed by atoms with Crippen LogP contribution in [0.1, 0.15) is 40.4 Å². The Morgan fingerprint density at radius 3 is 2.50 bits per heavy atom. The Labute approximate surface area is 165 Å². The van der Waals surface area contributed by atoms with Gasteiger partial charge in [0.1, 0.15) is 0 Å². The minimum absolute atomic E-state index is 0.0852. The molecule has 5 rings (SSSR count). The topological polar surface area (TPSA) is 43.9 Å². The highest BCUT2D eigenvalue weighted by Gasteiger charge is 2.34. The number of hydrogen-bond donors (Lipinski definition) is 0. The third-order valence-corrected chi connectivity index (χ3v) is 6.36. The molecule has 0 radical (unpaired) electrons. The lowest BCUT2D eigenvalue weighted by molar-refractivity contribution is -0.117. The van der Waals surface area contributed by atoms with E-state index in [1.807, 2.05) is 34.1 Å².